The number of benzene rings is 1. The van der Waals surface area contributed by atoms with Crippen LogP contribution in [0.4, 0.5) is 19.0 Å². The summed E-state index contributed by atoms with van der Waals surface area (Å²) in [6.45, 7) is 2.61. The molecular formula is C24H25F3N6O2. The van der Waals surface area contributed by atoms with Gasteiger partial charge in [0.05, 0.1) is 11.2 Å². The fourth-order valence-corrected chi connectivity index (χ4v) is 5.17. The zero-order chi connectivity index (χ0) is 25.0. The summed E-state index contributed by atoms with van der Waals surface area (Å²) in [7, 11) is 0. The van der Waals surface area contributed by atoms with Crippen LogP contribution < -0.4 is 5.73 Å². The molecule has 2 aliphatic rings. The van der Waals surface area contributed by atoms with Gasteiger partial charge in [0.1, 0.15) is 18.4 Å². The minimum Gasteiger partial charge on any atom is -0.384 e. The summed E-state index contributed by atoms with van der Waals surface area (Å²) >= 11 is 0. The lowest BCUT2D eigenvalue weighted by Crippen LogP contribution is -2.59. The van der Waals surface area contributed by atoms with E-state index in [1.807, 2.05) is 19.1 Å². The Kier molecular flexibility index (Phi) is 5.45. The van der Waals surface area contributed by atoms with Crippen LogP contribution in [0.25, 0.3) is 10.9 Å². The number of nitrogens with two attached hydrogens (primary N) is 1. The number of nitrogens with zero attached hydrogens (tertiary/aromatic N) is 5. The highest BCUT2D eigenvalue weighted by molar-refractivity contribution is 5.96. The third-order valence-corrected chi connectivity index (χ3v) is 6.86. The summed E-state index contributed by atoms with van der Waals surface area (Å²) in [5.74, 6) is -0.502. The first-order valence-electron chi connectivity index (χ1n) is 11.4. The highest BCUT2D eigenvalue weighted by Crippen LogP contribution is 2.38. The molecule has 3 aromatic rings. The molecule has 1 atom stereocenters. The normalized spacial score (nSPS) is 19.7. The number of halogens is 3. The number of alkyl halides is 3. The van der Waals surface area contributed by atoms with Crippen LogP contribution in [0.2, 0.25) is 0 Å². The number of anilines is 1. The van der Waals surface area contributed by atoms with Crippen molar-refractivity contribution in [2.24, 2.45) is 0 Å². The lowest BCUT2D eigenvalue weighted by molar-refractivity contribution is -0.183. The molecule has 2 fully saturated rings. The Bertz CT molecular complexity index is 1300. The van der Waals surface area contributed by atoms with Crippen molar-refractivity contribution in [2.45, 2.75) is 43.9 Å². The molecule has 1 aromatic carbocycles. The number of fused-ring (bicyclic) bond motifs is 1. The predicted molar refractivity (Wildman–Crippen MR) is 122 cm³/mol. The van der Waals surface area contributed by atoms with Crippen LogP contribution in [0.1, 0.15) is 35.8 Å². The Hall–Kier alpha value is -3.63. The molecule has 184 valence electrons. The van der Waals surface area contributed by atoms with Gasteiger partial charge in [0.15, 0.2) is 0 Å². The number of hydrogen-bond acceptors (Lipinski definition) is 5. The average Bonchev–Trinajstić information content (AvgIpc) is 3.43. The van der Waals surface area contributed by atoms with Crippen molar-refractivity contribution in [2.75, 3.05) is 25.4 Å². The van der Waals surface area contributed by atoms with Crippen LogP contribution in [-0.4, -0.2) is 68.2 Å². The largest absolute Gasteiger partial charge is 0.408 e. The highest BCUT2D eigenvalue weighted by atomic mass is 19.4. The van der Waals surface area contributed by atoms with Crippen molar-refractivity contribution < 1.29 is 22.8 Å². The number of pyridine rings is 1. The van der Waals surface area contributed by atoms with E-state index < -0.39 is 23.5 Å². The molecule has 35 heavy (non-hydrogen) atoms. The SMILES string of the molecule is CC1(c2nn(CC(=O)N3CCC[C@H]3C(F)(F)F)c3ccccc23)CN(C(=O)c2ccnc(N)c2)C1. The maximum Gasteiger partial charge on any atom is 0.408 e. The van der Waals surface area contributed by atoms with Crippen molar-refractivity contribution in [1.29, 1.82) is 0 Å². The lowest BCUT2D eigenvalue weighted by Gasteiger charge is -2.47. The highest BCUT2D eigenvalue weighted by Gasteiger charge is 2.48. The monoisotopic (exact) mass is 486 g/mol. The third-order valence-electron chi connectivity index (χ3n) is 6.86. The van der Waals surface area contributed by atoms with Crippen molar-refractivity contribution in [3.05, 3.63) is 53.9 Å². The van der Waals surface area contributed by atoms with Gasteiger partial charge in [-0.05, 0) is 31.0 Å². The Morgan fingerprint density at radius 1 is 1.20 bits per heavy atom. The van der Waals surface area contributed by atoms with E-state index in [2.05, 4.69) is 10.1 Å². The van der Waals surface area contributed by atoms with Gasteiger partial charge in [0, 0.05) is 42.2 Å². The average molecular weight is 486 g/mol. The molecule has 0 saturated carbocycles. The number of aromatic nitrogens is 3. The zero-order valence-corrected chi connectivity index (χ0v) is 19.1. The van der Waals surface area contributed by atoms with Gasteiger partial charge < -0.3 is 15.5 Å². The minimum atomic E-state index is -4.45. The molecule has 0 bridgehead atoms. The first-order chi connectivity index (χ1) is 16.6. The van der Waals surface area contributed by atoms with Crippen LogP contribution in [0, 0.1) is 0 Å². The summed E-state index contributed by atoms with van der Waals surface area (Å²) in [4.78, 5) is 32.2. The van der Waals surface area contributed by atoms with Crippen LogP contribution in [-0.2, 0) is 16.8 Å². The van der Waals surface area contributed by atoms with Gasteiger partial charge in [0.2, 0.25) is 5.91 Å². The van der Waals surface area contributed by atoms with Crippen molar-refractivity contribution in [1.82, 2.24) is 24.6 Å². The molecule has 2 aromatic heterocycles. The summed E-state index contributed by atoms with van der Waals surface area (Å²) < 4.78 is 41.6. The fourth-order valence-electron chi connectivity index (χ4n) is 5.17. The molecule has 0 spiro atoms. The van der Waals surface area contributed by atoms with Gasteiger partial charge in [-0.1, -0.05) is 25.1 Å². The minimum absolute atomic E-state index is 0.0780. The number of para-hydroxylation sites is 1. The molecule has 2 N–H and O–H groups in total. The van der Waals surface area contributed by atoms with E-state index in [9.17, 15) is 22.8 Å². The molecule has 0 aliphatic carbocycles. The van der Waals surface area contributed by atoms with E-state index in [4.69, 9.17) is 5.73 Å². The van der Waals surface area contributed by atoms with Crippen LogP contribution in [0.5, 0.6) is 0 Å². The molecule has 2 amide bonds. The number of likely N-dealkylation sites (tertiary alicyclic amines) is 2. The number of nitrogen functional groups attached to an aromatic ring is 1. The second kappa shape index (κ2) is 8.24. The molecule has 11 heteroatoms. The second-order valence-electron chi connectivity index (χ2n) is 9.50. The molecule has 8 nitrogen and oxygen atoms in total. The predicted octanol–water partition coefficient (Wildman–Crippen LogP) is 2.98. The van der Waals surface area contributed by atoms with E-state index in [-0.39, 0.29) is 31.2 Å². The van der Waals surface area contributed by atoms with Crippen LogP contribution >= 0.6 is 0 Å². The van der Waals surface area contributed by atoms with E-state index in [1.54, 1.807) is 23.1 Å². The smallest absolute Gasteiger partial charge is 0.384 e. The quantitative estimate of drug-likeness (QED) is 0.612. The second-order valence-corrected chi connectivity index (χ2v) is 9.50. The van der Waals surface area contributed by atoms with Gasteiger partial charge in [-0.3, -0.25) is 14.3 Å². The number of hydrogen-bond donors (Lipinski definition) is 1. The van der Waals surface area contributed by atoms with E-state index in [0.29, 0.717) is 36.3 Å². The van der Waals surface area contributed by atoms with Gasteiger partial charge in [0.25, 0.3) is 5.91 Å². The first-order valence-corrected chi connectivity index (χ1v) is 11.4. The third kappa shape index (κ3) is 4.08. The molecule has 2 saturated heterocycles. The lowest BCUT2D eigenvalue weighted by atomic mass is 9.77. The van der Waals surface area contributed by atoms with Crippen molar-refractivity contribution in [3.63, 3.8) is 0 Å². The molecule has 0 unspecified atom stereocenters. The number of carbonyl (C=O) groups excluding carboxylic acids is 2. The molecule has 2 aliphatic heterocycles. The van der Waals surface area contributed by atoms with E-state index in [1.165, 1.54) is 16.9 Å². The van der Waals surface area contributed by atoms with Gasteiger partial charge in [-0.25, -0.2) is 4.98 Å². The standard InChI is InChI=1S/C24H25F3N6O2/c1-23(13-31(14-23)22(35)15-8-9-29-19(28)11-15)21-16-5-2-3-6-17(16)33(30-21)12-20(34)32-10-4-7-18(32)24(25,26)27/h2-3,5-6,8-9,11,18H,4,7,10,12-14H2,1H3,(H2,28,29)/t18-/m0/s1. The van der Waals surface area contributed by atoms with Crippen LogP contribution in [0.3, 0.4) is 0 Å². The van der Waals surface area contributed by atoms with E-state index in [0.717, 1.165) is 10.3 Å². The first kappa shape index (κ1) is 23.1. The zero-order valence-electron chi connectivity index (χ0n) is 19.1. The Morgan fingerprint density at radius 2 is 1.94 bits per heavy atom. The molecule has 0 radical (unpaired) electrons. The Morgan fingerprint density at radius 3 is 2.66 bits per heavy atom. The Balaban J connectivity index is 1.38. The fraction of sp³-hybridized carbons (Fsp3) is 0.417. The number of rotatable bonds is 4. The molecule has 4 heterocycles. The summed E-state index contributed by atoms with van der Waals surface area (Å²) in [6, 6.07) is 8.72. The van der Waals surface area contributed by atoms with Crippen LogP contribution in [0.15, 0.2) is 42.6 Å². The summed E-state index contributed by atoms with van der Waals surface area (Å²) in [6.07, 6.45) is -2.71. The molecular weight excluding hydrogens is 461 g/mol. The summed E-state index contributed by atoms with van der Waals surface area (Å²) in [5.41, 5.74) is 7.06. The maximum absolute atomic E-state index is 13.4. The van der Waals surface area contributed by atoms with Gasteiger partial charge >= 0.3 is 6.18 Å². The summed E-state index contributed by atoms with van der Waals surface area (Å²) in [5, 5.41) is 5.50. The number of carbonyl (C=O) groups is 2. The van der Waals surface area contributed by atoms with Gasteiger partial charge in [-0.15, -0.1) is 0 Å². The van der Waals surface area contributed by atoms with Gasteiger partial charge in [-0.2, -0.15) is 18.3 Å². The van der Waals surface area contributed by atoms with E-state index >= 15 is 0 Å². The van der Waals surface area contributed by atoms with Crippen molar-refractivity contribution in [3.8, 4) is 0 Å². The Labute approximate surface area is 199 Å². The molecule has 5 rings (SSSR count). The maximum atomic E-state index is 13.4. The van der Waals surface area contributed by atoms with Crippen molar-refractivity contribution >= 4 is 28.5 Å². The number of amides is 2. The topological polar surface area (TPSA) is 97.4 Å².